The number of Topliss-reactive ketones (excluding diaryl/α,β-unsaturated/α-hetero) is 2. The summed E-state index contributed by atoms with van der Waals surface area (Å²) in [5.41, 5.74) is 2.95. The minimum Gasteiger partial charge on any atom is -0.496 e. The molecule has 0 aromatic heterocycles. The van der Waals surface area contributed by atoms with Crippen molar-refractivity contribution in [2.45, 2.75) is 18.6 Å². The number of ether oxygens (including phenoxy) is 3. The van der Waals surface area contributed by atoms with Gasteiger partial charge in [-0.25, -0.2) is 0 Å². The SMILES string of the molecule is COc1cc2c(c3c1C(=O)C1=C(C=CCC1)C3=O)OC(c1ccccc1)(c1ccccc1)O2. The standard InChI is InChI=1S/C28H20O5/c1-31-21-16-22-27(24-23(21)25(29)19-14-8-9-15-20(19)26(24)30)33-28(32-22,17-10-4-2-5-11-17)18-12-6-3-7-13-18/h2-7,9-13,15-16H,8,14H2,1H3. The Morgan fingerprint density at radius 1 is 0.848 bits per heavy atom. The topological polar surface area (TPSA) is 61.8 Å². The molecule has 3 aromatic carbocycles. The predicted octanol–water partition coefficient (Wildman–Crippen LogP) is 5.39. The summed E-state index contributed by atoms with van der Waals surface area (Å²) in [6.07, 6.45) is 4.92. The van der Waals surface area contributed by atoms with Crippen molar-refractivity contribution in [2.24, 2.45) is 0 Å². The zero-order valence-electron chi connectivity index (χ0n) is 18.0. The van der Waals surface area contributed by atoms with Crippen LogP contribution in [0.3, 0.4) is 0 Å². The van der Waals surface area contributed by atoms with Crippen molar-refractivity contribution in [3.05, 3.63) is 112 Å². The van der Waals surface area contributed by atoms with Crippen molar-refractivity contribution in [3.63, 3.8) is 0 Å². The van der Waals surface area contributed by atoms with Crippen LogP contribution < -0.4 is 14.2 Å². The average Bonchev–Trinajstić information content (AvgIpc) is 3.28. The van der Waals surface area contributed by atoms with Gasteiger partial charge in [0, 0.05) is 28.3 Å². The lowest BCUT2D eigenvalue weighted by Crippen LogP contribution is -2.37. The summed E-state index contributed by atoms with van der Waals surface area (Å²) >= 11 is 0. The molecular weight excluding hydrogens is 416 g/mol. The number of allylic oxidation sites excluding steroid dienone is 4. The molecule has 0 bridgehead atoms. The van der Waals surface area contributed by atoms with Crippen molar-refractivity contribution >= 4 is 11.6 Å². The molecule has 33 heavy (non-hydrogen) atoms. The molecule has 0 spiro atoms. The van der Waals surface area contributed by atoms with E-state index in [1.165, 1.54) is 7.11 Å². The van der Waals surface area contributed by atoms with E-state index in [2.05, 4.69) is 0 Å². The summed E-state index contributed by atoms with van der Waals surface area (Å²) in [7, 11) is 1.49. The maximum absolute atomic E-state index is 13.7. The Morgan fingerprint density at radius 3 is 2.15 bits per heavy atom. The third-order valence-corrected chi connectivity index (χ3v) is 6.38. The Labute approximate surface area is 190 Å². The lowest BCUT2D eigenvalue weighted by Gasteiger charge is -2.29. The van der Waals surface area contributed by atoms with Gasteiger partial charge in [0.1, 0.15) is 5.75 Å². The van der Waals surface area contributed by atoms with Crippen LogP contribution in [0.15, 0.2) is 90.0 Å². The highest BCUT2D eigenvalue weighted by Crippen LogP contribution is 2.54. The molecule has 1 aliphatic heterocycles. The van der Waals surface area contributed by atoms with Gasteiger partial charge in [-0.15, -0.1) is 0 Å². The summed E-state index contributed by atoms with van der Waals surface area (Å²) in [6.45, 7) is 0. The van der Waals surface area contributed by atoms with Crippen LogP contribution in [-0.4, -0.2) is 18.7 Å². The first-order valence-electron chi connectivity index (χ1n) is 10.9. The monoisotopic (exact) mass is 436 g/mol. The Hall–Kier alpha value is -4.12. The lowest BCUT2D eigenvalue weighted by molar-refractivity contribution is -0.0461. The fraction of sp³-hybridized carbons (Fsp3) is 0.143. The summed E-state index contributed by atoms with van der Waals surface area (Å²) in [5, 5.41) is 0. The molecule has 0 fully saturated rings. The smallest absolute Gasteiger partial charge is 0.305 e. The molecule has 0 N–H and O–H groups in total. The van der Waals surface area contributed by atoms with Gasteiger partial charge in [0.05, 0.1) is 18.2 Å². The molecule has 5 heteroatoms. The van der Waals surface area contributed by atoms with E-state index in [9.17, 15) is 9.59 Å². The molecule has 3 aliphatic rings. The highest BCUT2D eigenvalue weighted by atomic mass is 16.7. The van der Waals surface area contributed by atoms with Gasteiger partial charge < -0.3 is 14.2 Å². The minimum absolute atomic E-state index is 0.191. The number of hydrogen-bond acceptors (Lipinski definition) is 5. The number of benzene rings is 3. The second-order valence-corrected chi connectivity index (χ2v) is 8.20. The van der Waals surface area contributed by atoms with E-state index in [0.717, 1.165) is 17.5 Å². The molecule has 0 atom stereocenters. The first-order valence-corrected chi connectivity index (χ1v) is 10.9. The van der Waals surface area contributed by atoms with Crippen molar-refractivity contribution in [1.29, 1.82) is 0 Å². The highest BCUT2D eigenvalue weighted by molar-refractivity contribution is 6.30. The van der Waals surface area contributed by atoms with Gasteiger partial charge in [-0.05, 0) is 12.8 Å². The molecule has 0 saturated heterocycles. The fourth-order valence-corrected chi connectivity index (χ4v) is 4.83. The van der Waals surface area contributed by atoms with Crippen molar-refractivity contribution in [3.8, 4) is 17.2 Å². The molecule has 5 nitrogen and oxygen atoms in total. The molecule has 0 amide bonds. The zero-order valence-corrected chi connectivity index (χ0v) is 18.0. The van der Waals surface area contributed by atoms with Crippen LogP contribution in [0.2, 0.25) is 0 Å². The Bertz CT molecular complexity index is 1330. The maximum atomic E-state index is 13.7. The van der Waals surface area contributed by atoms with Gasteiger partial charge >= 0.3 is 5.79 Å². The van der Waals surface area contributed by atoms with Gasteiger partial charge in [-0.3, -0.25) is 9.59 Å². The number of rotatable bonds is 3. The largest absolute Gasteiger partial charge is 0.496 e. The number of carbonyl (C=O) groups excluding carboxylic acids is 2. The van der Waals surface area contributed by atoms with E-state index in [1.807, 2.05) is 66.7 Å². The average molecular weight is 436 g/mol. The summed E-state index contributed by atoms with van der Waals surface area (Å²) in [5.74, 6) is -0.796. The third-order valence-electron chi connectivity index (χ3n) is 6.38. The van der Waals surface area contributed by atoms with E-state index in [0.29, 0.717) is 29.1 Å². The lowest BCUT2D eigenvalue weighted by atomic mass is 9.79. The van der Waals surface area contributed by atoms with E-state index in [-0.39, 0.29) is 28.4 Å². The molecule has 3 aromatic rings. The summed E-state index contributed by atoms with van der Waals surface area (Å²) in [4.78, 5) is 27.1. The van der Waals surface area contributed by atoms with Crippen molar-refractivity contribution in [2.75, 3.05) is 7.11 Å². The second kappa shape index (κ2) is 7.20. The number of fused-ring (bicyclic) bond motifs is 3. The Morgan fingerprint density at radius 2 is 1.52 bits per heavy atom. The van der Waals surface area contributed by atoms with Crippen LogP contribution in [0.5, 0.6) is 17.2 Å². The minimum atomic E-state index is -1.30. The predicted molar refractivity (Wildman–Crippen MR) is 122 cm³/mol. The van der Waals surface area contributed by atoms with E-state index in [1.54, 1.807) is 12.1 Å². The van der Waals surface area contributed by atoms with Crippen LogP contribution in [0.4, 0.5) is 0 Å². The van der Waals surface area contributed by atoms with Gasteiger partial charge in [0.2, 0.25) is 0 Å². The van der Waals surface area contributed by atoms with E-state index in [4.69, 9.17) is 14.2 Å². The van der Waals surface area contributed by atoms with Gasteiger partial charge in [0.15, 0.2) is 23.1 Å². The van der Waals surface area contributed by atoms with E-state index < -0.39 is 5.79 Å². The summed E-state index contributed by atoms with van der Waals surface area (Å²) < 4.78 is 18.6. The molecule has 0 unspecified atom stereocenters. The normalized spacial score (nSPS) is 17.6. The van der Waals surface area contributed by atoms with Crippen LogP contribution in [0, 0.1) is 0 Å². The van der Waals surface area contributed by atoms with Gasteiger partial charge in [-0.1, -0.05) is 72.8 Å². The van der Waals surface area contributed by atoms with Crippen molar-refractivity contribution in [1.82, 2.24) is 0 Å². The van der Waals surface area contributed by atoms with Crippen molar-refractivity contribution < 1.29 is 23.8 Å². The van der Waals surface area contributed by atoms with Crippen LogP contribution >= 0.6 is 0 Å². The molecule has 6 rings (SSSR count). The molecule has 0 radical (unpaired) electrons. The van der Waals surface area contributed by atoms with Gasteiger partial charge in [0.25, 0.3) is 0 Å². The second-order valence-electron chi connectivity index (χ2n) is 8.20. The first kappa shape index (κ1) is 19.6. The van der Waals surface area contributed by atoms with Crippen LogP contribution in [-0.2, 0) is 5.79 Å². The fourth-order valence-electron chi connectivity index (χ4n) is 4.83. The van der Waals surface area contributed by atoms with E-state index >= 15 is 0 Å². The molecular formula is C28H20O5. The van der Waals surface area contributed by atoms with Crippen LogP contribution in [0.1, 0.15) is 44.7 Å². The number of ketones is 2. The molecule has 0 saturated carbocycles. The quantitative estimate of drug-likeness (QED) is 0.551. The molecule has 162 valence electrons. The number of methoxy groups -OCH3 is 1. The number of hydrogen-bond donors (Lipinski definition) is 0. The number of carbonyl (C=O) groups is 2. The summed E-state index contributed by atoms with van der Waals surface area (Å²) in [6, 6.07) is 20.8. The zero-order chi connectivity index (χ0) is 22.6. The molecule has 2 aliphatic carbocycles. The highest BCUT2D eigenvalue weighted by Gasteiger charge is 2.49. The van der Waals surface area contributed by atoms with Gasteiger partial charge in [-0.2, -0.15) is 0 Å². The third kappa shape index (κ3) is 2.72. The Kier molecular flexibility index (Phi) is 4.27. The first-order chi connectivity index (χ1) is 16.1. The Balaban J connectivity index is 1.60. The van der Waals surface area contributed by atoms with Crippen LogP contribution in [0.25, 0.3) is 0 Å². The maximum Gasteiger partial charge on any atom is 0.305 e. The molecule has 1 heterocycles.